The highest BCUT2D eigenvalue weighted by molar-refractivity contribution is 6.08. The van der Waals surface area contributed by atoms with E-state index in [-0.39, 0.29) is 11.1 Å². The second kappa shape index (κ2) is 3.77. The molecule has 3 N–H and O–H groups in total. The van der Waals surface area contributed by atoms with Crippen LogP contribution in [0.2, 0.25) is 0 Å². The zero-order chi connectivity index (χ0) is 11.7. The quantitative estimate of drug-likeness (QED) is 0.711. The van der Waals surface area contributed by atoms with Crippen LogP contribution in [0, 0.1) is 5.82 Å². The molecule has 0 unspecified atom stereocenters. The number of nitrogen functional groups attached to an aromatic ring is 1. The smallest absolute Gasteiger partial charge is 0.270 e. The molecule has 0 saturated carbocycles. The van der Waals surface area contributed by atoms with E-state index in [0.29, 0.717) is 11.1 Å². The maximum Gasteiger partial charge on any atom is 0.270 e. The molecule has 16 heavy (non-hydrogen) atoms. The number of anilines is 1. The molecule has 1 aromatic heterocycles. The number of rotatable bonds is 1. The predicted octanol–water partition coefficient (Wildman–Crippen LogP) is 1.32. The van der Waals surface area contributed by atoms with Crippen LogP contribution in [0.5, 0.6) is 0 Å². The molecule has 0 aliphatic carbocycles. The number of nitrogens with two attached hydrogens (primary N) is 1. The Hall–Kier alpha value is -2.17. The van der Waals surface area contributed by atoms with Gasteiger partial charge < -0.3 is 11.1 Å². The fraction of sp³-hybridized carbons (Fsp3) is 0.0909. The summed E-state index contributed by atoms with van der Waals surface area (Å²) in [5, 5.41) is 3.06. The van der Waals surface area contributed by atoms with E-state index in [9.17, 15) is 9.18 Å². The summed E-state index contributed by atoms with van der Waals surface area (Å²) in [7, 11) is 1.47. The zero-order valence-corrected chi connectivity index (χ0v) is 8.62. The van der Waals surface area contributed by atoms with E-state index in [1.165, 1.54) is 25.4 Å². The Morgan fingerprint density at radius 1 is 1.44 bits per heavy atom. The third kappa shape index (κ3) is 1.46. The lowest BCUT2D eigenvalue weighted by Crippen LogP contribution is -2.20. The number of aromatic nitrogens is 1. The molecule has 4 nitrogen and oxygen atoms in total. The first kappa shape index (κ1) is 10.4. The van der Waals surface area contributed by atoms with Crippen molar-refractivity contribution in [2.45, 2.75) is 0 Å². The van der Waals surface area contributed by atoms with E-state index in [2.05, 4.69) is 10.3 Å². The van der Waals surface area contributed by atoms with Gasteiger partial charge in [-0.1, -0.05) is 0 Å². The third-order valence-electron chi connectivity index (χ3n) is 2.35. The van der Waals surface area contributed by atoms with Gasteiger partial charge >= 0.3 is 0 Å². The highest BCUT2D eigenvalue weighted by atomic mass is 19.1. The lowest BCUT2D eigenvalue weighted by molar-refractivity contribution is 0.0960. The number of pyridine rings is 1. The van der Waals surface area contributed by atoms with Crippen LogP contribution in [-0.4, -0.2) is 17.9 Å². The van der Waals surface area contributed by atoms with Gasteiger partial charge in [0.05, 0.1) is 5.39 Å². The molecular formula is C11H10FN3O. The van der Waals surface area contributed by atoms with Crippen LogP contribution in [0.25, 0.3) is 10.8 Å². The molecule has 0 bridgehead atoms. The number of nitrogens with one attached hydrogen (secondary N) is 1. The highest BCUT2D eigenvalue weighted by Gasteiger charge is 2.14. The molecule has 0 saturated heterocycles. The van der Waals surface area contributed by atoms with Gasteiger partial charge in [-0.15, -0.1) is 0 Å². The molecule has 82 valence electrons. The van der Waals surface area contributed by atoms with Gasteiger partial charge in [-0.05, 0) is 18.2 Å². The lowest BCUT2D eigenvalue weighted by atomic mass is 10.1. The van der Waals surface area contributed by atoms with Crippen LogP contribution in [0.4, 0.5) is 10.1 Å². The van der Waals surface area contributed by atoms with Crippen LogP contribution in [0.1, 0.15) is 10.5 Å². The van der Waals surface area contributed by atoms with Crippen molar-refractivity contribution in [2.75, 3.05) is 12.8 Å². The fourth-order valence-corrected chi connectivity index (χ4v) is 1.57. The first-order chi connectivity index (χ1) is 7.65. The first-order valence-corrected chi connectivity index (χ1v) is 4.70. The van der Waals surface area contributed by atoms with Crippen molar-refractivity contribution in [3.05, 3.63) is 35.9 Å². The maximum absolute atomic E-state index is 13.6. The minimum atomic E-state index is -0.504. The number of benzene rings is 1. The van der Waals surface area contributed by atoms with E-state index in [4.69, 9.17) is 5.73 Å². The largest absolute Gasteiger partial charge is 0.398 e. The molecule has 5 heteroatoms. The van der Waals surface area contributed by atoms with E-state index in [0.717, 1.165) is 0 Å². The molecule has 0 fully saturated rings. The molecule has 2 aromatic rings. The summed E-state index contributed by atoms with van der Waals surface area (Å²) in [5.74, 6) is -0.939. The molecular weight excluding hydrogens is 209 g/mol. The molecule has 2 rings (SSSR count). The number of amides is 1. The maximum atomic E-state index is 13.6. The van der Waals surface area contributed by atoms with Crippen molar-refractivity contribution in [3.63, 3.8) is 0 Å². The Kier molecular flexibility index (Phi) is 2.44. The molecule has 0 radical (unpaired) electrons. The van der Waals surface area contributed by atoms with Gasteiger partial charge in [-0.25, -0.2) is 4.39 Å². The molecule has 1 heterocycles. The first-order valence-electron chi connectivity index (χ1n) is 4.70. The summed E-state index contributed by atoms with van der Waals surface area (Å²) >= 11 is 0. The average molecular weight is 219 g/mol. The van der Waals surface area contributed by atoms with E-state index in [1.807, 2.05) is 0 Å². The fourth-order valence-electron chi connectivity index (χ4n) is 1.57. The van der Waals surface area contributed by atoms with Crippen molar-refractivity contribution < 1.29 is 9.18 Å². The number of hydrogen-bond acceptors (Lipinski definition) is 3. The number of carbonyl (C=O) groups excluding carboxylic acids is 1. The normalized spacial score (nSPS) is 10.4. The van der Waals surface area contributed by atoms with Gasteiger partial charge in [0.1, 0.15) is 11.5 Å². The topological polar surface area (TPSA) is 68.0 Å². The van der Waals surface area contributed by atoms with Crippen molar-refractivity contribution in [1.29, 1.82) is 0 Å². The van der Waals surface area contributed by atoms with Crippen LogP contribution in [-0.2, 0) is 0 Å². The average Bonchev–Trinajstić information content (AvgIpc) is 2.32. The Morgan fingerprint density at radius 2 is 2.19 bits per heavy atom. The van der Waals surface area contributed by atoms with Gasteiger partial charge in [0.2, 0.25) is 0 Å². The van der Waals surface area contributed by atoms with Crippen LogP contribution < -0.4 is 11.1 Å². The molecule has 0 atom stereocenters. The summed E-state index contributed by atoms with van der Waals surface area (Å²) in [4.78, 5) is 15.4. The van der Waals surface area contributed by atoms with Crippen LogP contribution in [0.3, 0.4) is 0 Å². The van der Waals surface area contributed by atoms with E-state index >= 15 is 0 Å². The summed E-state index contributed by atoms with van der Waals surface area (Å²) in [6, 6.07) is 4.28. The summed E-state index contributed by atoms with van der Waals surface area (Å²) in [6.45, 7) is 0. The molecule has 0 aliphatic rings. The number of hydrogen-bond donors (Lipinski definition) is 2. The van der Waals surface area contributed by atoms with Gasteiger partial charge in [0.25, 0.3) is 5.91 Å². The Balaban J connectivity index is 2.86. The monoisotopic (exact) mass is 219 g/mol. The minimum Gasteiger partial charge on any atom is -0.398 e. The van der Waals surface area contributed by atoms with E-state index < -0.39 is 11.7 Å². The Bertz CT molecular complexity index is 568. The van der Waals surface area contributed by atoms with Gasteiger partial charge in [0, 0.05) is 24.3 Å². The number of halogens is 1. The van der Waals surface area contributed by atoms with Crippen LogP contribution in [0.15, 0.2) is 24.4 Å². The SMILES string of the molecule is CNC(=O)c1nccc2c(N)ccc(F)c12. The minimum absolute atomic E-state index is 0.0461. The molecule has 1 amide bonds. The van der Waals surface area contributed by atoms with Crippen molar-refractivity contribution in [1.82, 2.24) is 10.3 Å². The zero-order valence-electron chi connectivity index (χ0n) is 8.62. The number of nitrogens with zero attached hydrogens (tertiary/aromatic N) is 1. The van der Waals surface area contributed by atoms with Crippen molar-refractivity contribution >= 4 is 22.4 Å². The second-order valence-corrected chi connectivity index (χ2v) is 3.30. The van der Waals surface area contributed by atoms with Gasteiger partial charge in [0.15, 0.2) is 0 Å². The molecule has 1 aromatic carbocycles. The highest BCUT2D eigenvalue weighted by Crippen LogP contribution is 2.25. The standard InChI is InChI=1S/C11H10FN3O/c1-14-11(16)10-9-6(4-5-15-10)8(13)3-2-7(9)12/h2-5H,13H2,1H3,(H,14,16). The molecule has 0 spiro atoms. The molecule has 0 aliphatic heterocycles. The van der Waals surface area contributed by atoms with Crippen LogP contribution >= 0.6 is 0 Å². The third-order valence-corrected chi connectivity index (χ3v) is 2.35. The van der Waals surface area contributed by atoms with Crippen molar-refractivity contribution in [3.8, 4) is 0 Å². The Morgan fingerprint density at radius 3 is 2.88 bits per heavy atom. The van der Waals surface area contributed by atoms with Gasteiger partial charge in [-0.3, -0.25) is 9.78 Å². The van der Waals surface area contributed by atoms with Crippen molar-refractivity contribution in [2.24, 2.45) is 0 Å². The van der Waals surface area contributed by atoms with Gasteiger partial charge in [-0.2, -0.15) is 0 Å². The summed E-state index contributed by atoms with van der Waals surface area (Å²) < 4.78 is 13.6. The summed E-state index contributed by atoms with van der Waals surface area (Å²) in [5.41, 5.74) is 6.18. The number of carbonyl (C=O) groups is 1. The lowest BCUT2D eigenvalue weighted by Gasteiger charge is -2.07. The number of fused-ring (bicyclic) bond motifs is 1. The predicted molar refractivity (Wildman–Crippen MR) is 59.5 cm³/mol. The summed E-state index contributed by atoms with van der Waals surface area (Å²) in [6.07, 6.45) is 1.43. The Labute approximate surface area is 91.3 Å². The van der Waals surface area contributed by atoms with E-state index in [1.54, 1.807) is 6.07 Å². The second-order valence-electron chi connectivity index (χ2n) is 3.30.